The highest BCUT2D eigenvalue weighted by Gasteiger charge is 2.48. The Hall–Kier alpha value is -8.87. The highest BCUT2D eigenvalue weighted by atomic mass is 16.5. The fourth-order valence-electron chi connectivity index (χ4n) is 10.6. The SMILES string of the molecule is C=C(/C=C1\C2=C(C)Oc3cc4c(cc3B2Oc2ccccc21)B1Oc2ccccc2-c2cc(N(c3ccccc3)c3ccccc3)cc(c21)N4c1ccccc1)N(c1ccccc1)c1ccccc1. The molecule has 0 atom stereocenters. The molecule has 4 aliphatic rings. The number of rotatable bonds is 8. The average molecular weight is 888 g/mol. The molecule has 326 valence electrons. The Balaban J connectivity index is 1.01. The van der Waals surface area contributed by atoms with Crippen molar-refractivity contribution >= 4 is 81.3 Å². The van der Waals surface area contributed by atoms with E-state index in [1.54, 1.807) is 0 Å². The number of hydrogen-bond acceptors (Lipinski definition) is 6. The average Bonchev–Trinajstić information content (AvgIpc) is 3.40. The van der Waals surface area contributed by atoms with Gasteiger partial charge in [0, 0.05) is 84.8 Å². The molecule has 0 fully saturated rings. The molecule has 0 unspecified atom stereocenters. The Morgan fingerprint density at radius 3 is 1.62 bits per heavy atom. The van der Waals surface area contributed by atoms with Gasteiger partial charge < -0.3 is 28.7 Å². The van der Waals surface area contributed by atoms with Crippen LogP contribution in [0.4, 0.5) is 45.5 Å². The number of hydrogen-bond donors (Lipinski definition) is 0. The van der Waals surface area contributed by atoms with Crippen molar-refractivity contribution in [3.8, 4) is 28.4 Å². The summed E-state index contributed by atoms with van der Waals surface area (Å²) in [5, 5.41) is 0. The number of ether oxygens (including phenoxy) is 1. The van der Waals surface area contributed by atoms with E-state index < -0.39 is 13.8 Å². The van der Waals surface area contributed by atoms with Gasteiger partial charge in [0.05, 0.1) is 0 Å². The second-order valence-electron chi connectivity index (χ2n) is 17.7. The van der Waals surface area contributed by atoms with Crippen molar-refractivity contribution in [2.24, 2.45) is 0 Å². The van der Waals surface area contributed by atoms with E-state index in [1.807, 2.05) is 18.2 Å². The highest BCUT2D eigenvalue weighted by Crippen LogP contribution is 2.49. The summed E-state index contributed by atoms with van der Waals surface area (Å²) >= 11 is 0. The van der Waals surface area contributed by atoms with Gasteiger partial charge in [-0.1, -0.05) is 140 Å². The van der Waals surface area contributed by atoms with Crippen molar-refractivity contribution in [2.75, 3.05) is 14.7 Å². The van der Waals surface area contributed by atoms with E-state index in [0.717, 1.165) is 118 Å². The van der Waals surface area contributed by atoms with Crippen molar-refractivity contribution in [2.45, 2.75) is 6.92 Å². The van der Waals surface area contributed by atoms with Gasteiger partial charge in [0.15, 0.2) is 0 Å². The summed E-state index contributed by atoms with van der Waals surface area (Å²) in [5.41, 5.74) is 17.2. The number of allylic oxidation sites excluding steroid dienone is 4. The summed E-state index contributed by atoms with van der Waals surface area (Å²) in [6.07, 6.45) is 2.19. The first-order chi connectivity index (χ1) is 34.1. The summed E-state index contributed by atoms with van der Waals surface area (Å²) < 4.78 is 21.5. The van der Waals surface area contributed by atoms with Crippen LogP contribution in [0, 0.1) is 0 Å². The molecule has 0 saturated carbocycles. The summed E-state index contributed by atoms with van der Waals surface area (Å²) in [7, 11) is 0. The maximum Gasteiger partial charge on any atom is 0.434 e. The Labute approximate surface area is 403 Å². The summed E-state index contributed by atoms with van der Waals surface area (Å²) in [5.74, 6) is 3.13. The second kappa shape index (κ2) is 16.5. The molecule has 8 heteroatoms. The molecule has 0 saturated heterocycles. The fraction of sp³-hybridized carbons (Fsp3) is 0.0164. The van der Waals surface area contributed by atoms with E-state index in [4.69, 9.17) is 20.6 Å². The minimum atomic E-state index is -0.482. The molecule has 0 radical (unpaired) electrons. The molecule has 69 heavy (non-hydrogen) atoms. The molecule has 9 aromatic rings. The van der Waals surface area contributed by atoms with E-state index in [2.05, 4.69) is 234 Å². The van der Waals surface area contributed by atoms with Crippen molar-refractivity contribution in [3.05, 3.63) is 260 Å². The van der Waals surface area contributed by atoms with Crippen molar-refractivity contribution < 1.29 is 14.0 Å². The van der Waals surface area contributed by atoms with Gasteiger partial charge in [-0.15, -0.1) is 0 Å². The van der Waals surface area contributed by atoms with E-state index >= 15 is 0 Å². The first-order valence-electron chi connectivity index (χ1n) is 23.4. The zero-order chi connectivity index (χ0) is 46.0. The van der Waals surface area contributed by atoms with Gasteiger partial charge in [-0.05, 0) is 115 Å². The maximum atomic E-state index is 7.25. The van der Waals surface area contributed by atoms with Crippen LogP contribution in [0.3, 0.4) is 0 Å². The first-order valence-corrected chi connectivity index (χ1v) is 23.4. The lowest BCUT2D eigenvalue weighted by Gasteiger charge is -2.42. The molecule has 4 heterocycles. The van der Waals surface area contributed by atoms with Crippen molar-refractivity contribution in [1.82, 2.24) is 0 Å². The van der Waals surface area contributed by atoms with Crippen LogP contribution in [-0.2, 0) is 0 Å². The van der Waals surface area contributed by atoms with E-state index in [9.17, 15) is 0 Å². The topological polar surface area (TPSA) is 37.4 Å². The lowest BCUT2D eigenvalue weighted by atomic mass is 9.45. The van der Waals surface area contributed by atoms with E-state index in [0.29, 0.717) is 0 Å². The first kappa shape index (κ1) is 40.4. The molecule has 0 spiro atoms. The van der Waals surface area contributed by atoms with Crippen LogP contribution in [-0.4, -0.2) is 13.8 Å². The third-order valence-electron chi connectivity index (χ3n) is 13.6. The molecule has 13 rings (SSSR count). The van der Waals surface area contributed by atoms with Gasteiger partial charge in [0.2, 0.25) is 0 Å². The van der Waals surface area contributed by atoms with Gasteiger partial charge in [0.25, 0.3) is 0 Å². The quantitative estimate of drug-likeness (QED) is 0.142. The Bertz CT molecular complexity index is 3450. The van der Waals surface area contributed by atoms with Crippen LogP contribution >= 0.6 is 0 Å². The minimum absolute atomic E-state index is 0.437. The standard InChI is InChI=1S/C61H43B2N3O3/c1-41(64(43-22-8-3-9-23-43)44-24-10-4-11-25-44)36-51-49-32-18-20-34-57(49)69-63-54-39-53-55(40-59(54)67-42(2)60(51)63)66(47-30-16-7-17-31-47)56-38-48(37-52-50-33-19-21-35-58(50)68-62(53)61(52)56)65(45-26-12-5-13-27-45)46-28-14-6-15-29-46/h3-40H,1H2,2H3/b51-36-. The largest absolute Gasteiger partial charge is 0.551 e. The van der Waals surface area contributed by atoms with Crippen LogP contribution < -0.4 is 45.1 Å². The van der Waals surface area contributed by atoms with Crippen molar-refractivity contribution in [3.63, 3.8) is 0 Å². The van der Waals surface area contributed by atoms with Crippen molar-refractivity contribution in [1.29, 1.82) is 0 Å². The smallest absolute Gasteiger partial charge is 0.434 e. The van der Waals surface area contributed by atoms with E-state index in [1.165, 1.54) is 0 Å². The molecule has 0 N–H and O–H groups in total. The Morgan fingerprint density at radius 1 is 0.478 bits per heavy atom. The molecule has 9 aromatic carbocycles. The van der Waals surface area contributed by atoms with Crippen LogP contribution in [0.25, 0.3) is 16.7 Å². The monoisotopic (exact) mass is 887 g/mol. The minimum Gasteiger partial charge on any atom is -0.551 e. The molecule has 0 aliphatic carbocycles. The van der Waals surface area contributed by atoms with Gasteiger partial charge >= 0.3 is 13.8 Å². The lowest BCUT2D eigenvalue weighted by Crippen LogP contribution is -2.58. The molecule has 0 bridgehead atoms. The van der Waals surface area contributed by atoms with Gasteiger partial charge in [-0.25, -0.2) is 0 Å². The van der Waals surface area contributed by atoms with Crippen LogP contribution in [0.2, 0.25) is 0 Å². The summed E-state index contributed by atoms with van der Waals surface area (Å²) in [6.45, 7) is 5.86. The third-order valence-corrected chi connectivity index (χ3v) is 13.6. The lowest BCUT2D eigenvalue weighted by molar-refractivity contribution is 0.420. The van der Waals surface area contributed by atoms with Gasteiger partial charge in [-0.3, -0.25) is 0 Å². The molecule has 6 nitrogen and oxygen atoms in total. The summed E-state index contributed by atoms with van der Waals surface area (Å²) in [4.78, 5) is 6.91. The number of para-hydroxylation sites is 7. The molecular formula is C61H43B2N3O3. The number of anilines is 8. The number of benzene rings is 9. The van der Waals surface area contributed by atoms with Crippen LogP contribution in [0.15, 0.2) is 254 Å². The third kappa shape index (κ3) is 6.75. The Kier molecular flexibility index (Phi) is 9.65. The fourth-order valence-corrected chi connectivity index (χ4v) is 10.6. The molecule has 0 amide bonds. The highest BCUT2D eigenvalue weighted by molar-refractivity contribution is 6.87. The second-order valence-corrected chi connectivity index (χ2v) is 17.7. The maximum absolute atomic E-state index is 7.25. The van der Waals surface area contributed by atoms with Crippen LogP contribution in [0.5, 0.6) is 17.2 Å². The number of nitrogens with zero attached hydrogens (tertiary/aromatic N) is 3. The normalized spacial score (nSPS) is 14.2. The van der Waals surface area contributed by atoms with Gasteiger partial charge in [-0.2, -0.15) is 0 Å². The zero-order valence-corrected chi connectivity index (χ0v) is 37.9. The predicted octanol–water partition coefficient (Wildman–Crippen LogP) is 13.3. The van der Waals surface area contributed by atoms with Crippen LogP contribution in [0.1, 0.15) is 12.5 Å². The van der Waals surface area contributed by atoms with E-state index in [-0.39, 0.29) is 0 Å². The zero-order valence-electron chi connectivity index (χ0n) is 37.9. The molecule has 4 aliphatic heterocycles. The molecular weight excluding hydrogens is 844 g/mol. The molecule has 0 aromatic heterocycles. The number of fused-ring (bicyclic) bond motifs is 8. The summed E-state index contributed by atoms with van der Waals surface area (Å²) in [6, 6.07) is 78.4. The Morgan fingerprint density at radius 2 is 1.00 bits per heavy atom. The predicted molar refractivity (Wildman–Crippen MR) is 285 cm³/mol. The van der Waals surface area contributed by atoms with Gasteiger partial charge in [0.1, 0.15) is 23.0 Å².